The second kappa shape index (κ2) is 9.74. The summed E-state index contributed by atoms with van der Waals surface area (Å²) in [4.78, 5) is 22.2. The van der Waals surface area contributed by atoms with Crippen LogP contribution in [0.25, 0.3) is 11.0 Å². The molecule has 0 radical (unpaired) electrons. The van der Waals surface area contributed by atoms with Crippen molar-refractivity contribution in [3.05, 3.63) is 66.1 Å². The first-order valence-electron chi connectivity index (χ1n) is 11.8. The van der Waals surface area contributed by atoms with Crippen LogP contribution in [0.1, 0.15) is 47.6 Å². The van der Waals surface area contributed by atoms with Gasteiger partial charge in [-0.2, -0.15) is 0 Å². The largest absolute Gasteiger partial charge is 0.493 e. The molecule has 0 amide bonds. The number of ether oxygens (including phenoxy) is 2. The SMILES string of the molecule is COc1ccc(S(=O)(=O)Nc2cccc(C(=O)c3cn(C4CCCC4)c4ncnc(N)c34)c2)cc1OC. The molecule has 1 aliphatic carbocycles. The van der Waals surface area contributed by atoms with Crippen LogP contribution in [0, 0.1) is 0 Å². The van der Waals surface area contributed by atoms with Crippen LogP contribution in [-0.2, 0) is 10.0 Å². The predicted octanol–water partition coefficient (Wildman–Crippen LogP) is 4.18. The van der Waals surface area contributed by atoms with Gasteiger partial charge in [-0.3, -0.25) is 9.52 Å². The molecule has 0 aliphatic heterocycles. The average molecular weight is 522 g/mol. The molecule has 0 unspecified atom stereocenters. The first-order valence-corrected chi connectivity index (χ1v) is 13.3. The first-order chi connectivity index (χ1) is 17.8. The Bertz CT molecular complexity index is 1590. The van der Waals surface area contributed by atoms with Crippen LogP contribution in [0.3, 0.4) is 0 Å². The summed E-state index contributed by atoms with van der Waals surface area (Å²) in [5.41, 5.74) is 7.75. The van der Waals surface area contributed by atoms with Crippen molar-refractivity contribution in [3.63, 3.8) is 0 Å². The maximum absolute atomic E-state index is 13.7. The van der Waals surface area contributed by atoms with Crippen LogP contribution in [0.15, 0.2) is 59.9 Å². The molecule has 192 valence electrons. The summed E-state index contributed by atoms with van der Waals surface area (Å²) < 4.78 is 41.1. The molecular weight excluding hydrogens is 494 g/mol. The van der Waals surface area contributed by atoms with Gasteiger partial charge >= 0.3 is 0 Å². The van der Waals surface area contributed by atoms with E-state index in [1.54, 1.807) is 24.4 Å². The Hall–Kier alpha value is -4.12. The van der Waals surface area contributed by atoms with Crippen LogP contribution in [0.2, 0.25) is 0 Å². The topological polar surface area (TPSA) is 138 Å². The quantitative estimate of drug-likeness (QED) is 0.329. The minimum absolute atomic E-state index is 0.00793. The fraction of sp³-hybridized carbons (Fsp3) is 0.269. The molecule has 37 heavy (non-hydrogen) atoms. The Morgan fingerprint density at radius 1 is 1.05 bits per heavy atom. The van der Waals surface area contributed by atoms with Crippen LogP contribution >= 0.6 is 0 Å². The second-order valence-electron chi connectivity index (χ2n) is 8.88. The lowest BCUT2D eigenvalue weighted by Gasteiger charge is -2.12. The number of fused-ring (bicyclic) bond motifs is 1. The fourth-order valence-electron chi connectivity index (χ4n) is 4.82. The number of ketones is 1. The van der Waals surface area contributed by atoms with Crippen molar-refractivity contribution in [2.75, 3.05) is 24.7 Å². The molecule has 0 bridgehead atoms. The summed E-state index contributed by atoms with van der Waals surface area (Å²) >= 11 is 0. The summed E-state index contributed by atoms with van der Waals surface area (Å²) in [5, 5.41) is 0.510. The zero-order valence-electron chi connectivity index (χ0n) is 20.5. The molecule has 0 atom stereocenters. The summed E-state index contributed by atoms with van der Waals surface area (Å²) in [6, 6.07) is 10.9. The molecule has 2 heterocycles. The van der Waals surface area contributed by atoms with Crippen molar-refractivity contribution in [1.82, 2.24) is 14.5 Å². The zero-order valence-corrected chi connectivity index (χ0v) is 21.3. The molecule has 3 N–H and O–H groups in total. The second-order valence-corrected chi connectivity index (χ2v) is 10.6. The monoisotopic (exact) mass is 521 g/mol. The van der Waals surface area contributed by atoms with Gasteiger partial charge in [-0.25, -0.2) is 18.4 Å². The summed E-state index contributed by atoms with van der Waals surface area (Å²) in [7, 11) is -1.07. The molecule has 2 aromatic heterocycles. The van der Waals surface area contributed by atoms with E-state index in [1.165, 1.54) is 44.8 Å². The van der Waals surface area contributed by atoms with Crippen molar-refractivity contribution in [1.29, 1.82) is 0 Å². The molecule has 11 heteroatoms. The highest BCUT2D eigenvalue weighted by atomic mass is 32.2. The number of nitrogens with one attached hydrogen (secondary N) is 1. The van der Waals surface area contributed by atoms with Crippen molar-refractivity contribution >= 4 is 38.3 Å². The lowest BCUT2D eigenvalue weighted by molar-refractivity contribution is 0.104. The van der Waals surface area contributed by atoms with E-state index in [1.807, 2.05) is 4.57 Å². The lowest BCUT2D eigenvalue weighted by Crippen LogP contribution is -2.14. The number of hydrogen-bond acceptors (Lipinski definition) is 8. The number of benzene rings is 2. The van der Waals surface area contributed by atoms with E-state index in [2.05, 4.69) is 14.7 Å². The Balaban J connectivity index is 1.48. The van der Waals surface area contributed by atoms with Crippen LogP contribution in [-0.4, -0.2) is 43.0 Å². The highest BCUT2D eigenvalue weighted by Crippen LogP contribution is 2.36. The number of nitrogen functional groups attached to an aromatic ring is 1. The van der Waals surface area contributed by atoms with Gasteiger partial charge in [0.1, 0.15) is 17.8 Å². The third-order valence-electron chi connectivity index (χ3n) is 6.64. The number of rotatable bonds is 8. The number of nitrogens with two attached hydrogens (primary N) is 1. The summed E-state index contributed by atoms with van der Waals surface area (Å²) in [6.45, 7) is 0. The number of carbonyl (C=O) groups excluding carboxylic acids is 1. The zero-order chi connectivity index (χ0) is 26.2. The summed E-state index contributed by atoms with van der Waals surface area (Å²) in [5.74, 6) is 0.632. The normalized spacial score (nSPS) is 14.1. The van der Waals surface area contributed by atoms with Gasteiger partial charge in [0.15, 0.2) is 17.3 Å². The van der Waals surface area contributed by atoms with Crippen molar-refractivity contribution < 1.29 is 22.7 Å². The Labute approximate surface area is 214 Å². The van der Waals surface area contributed by atoms with E-state index < -0.39 is 10.0 Å². The molecule has 0 saturated heterocycles. The van der Waals surface area contributed by atoms with Gasteiger partial charge < -0.3 is 19.8 Å². The number of carbonyl (C=O) groups is 1. The number of aromatic nitrogens is 3. The third-order valence-corrected chi connectivity index (χ3v) is 8.02. The molecule has 1 fully saturated rings. The third kappa shape index (κ3) is 4.57. The van der Waals surface area contributed by atoms with Gasteiger partial charge in [0.25, 0.3) is 10.0 Å². The Kier molecular flexibility index (Phi) is 6.46. The molecule has 2 aromatic carbocycles. The number of anilines is 2. The van der Waals surface area contributed by atoms with Gasteiger partial charge in [0, 0.05) is 29.6 Å². The van der Waals surface area contributed by atoms with Gasteiger partial charge in [0.2, 0.25) is 0 Å². The maximum Gasteiger partial charge on any atom is 0.262 e. The minimum atomic E-state index is -3.97. The van der Waals surface area contributed by atoms with Crippen LogP contribution in [0.4, 0.5) is 11.5 Å². The van der Waals surface area contributed by atoms with Gasteiger partial charge in [0.05, 0.1) is 30.1 Å². The van der Waals surface area contributed by atoms with Crippen LogP contribution in [0.5, 0.6) is 11.5 Å². The maximum atomic E-state index is 13.7. The standard InChI is InChI=1S/C26H27N5O5S/c1-35-21-11-10-19(13-22(21)36-2)37(33,34)30-17-7-5-6-16(12-17)24(32)20-14-31(18-8-3-4-9-18)26-23(20)25(27)28-15-29-26/h5-7,10-15,18,30H,3-4,8-9H2,1-2H3,(H2,27,28,29). The number of sulfonamides is 1. The molecule has 4 aromatic rings. The highest BCUT2D eigenvalue weighted by molar-refractivity contribution is 7.92. The Morgan fingerprint density at radius 3 is 2.54 bits per heavy atom. The molecule has 5 rings (SSSR count). The van der Waals surface area contributed by atoms with Crippen molar-refractivity contribution in [3.8, 4) is 11.5 Å². The van der Waals surface area contributed by atoms with E-state index >= 15 is 0 Å². The van der Waals surface area contributed by atoms with Gasteiger partial charge in [-0.05, 0) is 37.1 Å². The number of hydrogen-bond donors (Lipinski definition) is 2. The van der Waals surface area contributed by atoms with Crippen LogP contribution < -0.4 is 19.9 Å². The minimum Gasteiger partial charge on any atom is -0.493 e. The molecule has 1 aliphatic rings. The summed E-state index contributed by atoms with van der Waals surface area (Å²) in [6.07, 6.45) is 7.46. The predicted molar refractivity (Wildman–Crippen MR) is 140 cm³/mol. The van der Waals surface area contributed by atoms with Crippen molar-refractivity contribution in [2.24, 2.45) is 0 Å². The van der Waals surface area contributed by atoms with E-state index in [0.717, 1.165) is 25.7 Å². The molecular formula is C26H27N5O5S. The number of methoxy groups -OCH3 is 2. The Morgan fingerprint density at radius 2 is 1.81 bits per heavy atom. The molecule has 1 saturated carbocycles. The van der Waals surface area contributed by atoms with E-state index in [0.29, 0.717) is 27.9 Å². The van der Waals surface area contributed by atoms with E-state index in [-0.39, 0.29) is 34.0 Å². The smallest absolute Gasteiger partial charge is 0.262 e. The average Bonchev–Trinajstić information content (AvgIpc) is 3.56. The lowest BCUT2D eigenvalue weighted by atomic mass is 10.0. The van der Waals surface area contributed by atoms with Crippen molar-refractivity contribution in [2.45, 2.75) is 36.6 Å². The number of nitrogens with zero attached hydrogens (tertiary/aromatic N) is 3. The molecule has 0 spiro atoms. The van der Waals surface area contributed by atoms with E-state index in [9.17, 15) is 13.2 Å². The first kappa shape index (κ1) is 24.6. The molecule has 10 nitrogen and oxygen atoms in total. The fourth-order valence-corrected chi connectivity index (χ4v) is 5.88. The van der Waals surface area contributed by atoms with Gasteiger partial charge in [-0.1, -0.05) is 25.0 Å². The highest BCUT2D eigenvalue weighted by Gasteiger charge is 2.26. The van der Waals surface area contributed by atoms with Gasteiger partial charge in [-0.15, -0.1) is 0 Å². The van der Waals surface area contributed by atoms with E-state index in [4.69, 9.17) is 15.2 Å².